The average molecular weight is 357 g/mol. The van der Waals surface area contributed by atoms with Crippen molar-refractivity contribution in [1.29, 1.82) is 5.26 Å². The summed E-state index contributed by atoms with van der Waals surface area (Å²) in [7, 11) is 0. The van der Waals surface area contributed by atoms with Crippen molar-refractivity contribution in [3.63, 3.8) is 0 Å². The number of nitriles is 1. The van der Waals surface area contributed by atoms with E-state index in [4.69, 9.17) is 4.74 Å². The highest BCUT2D eigenvalue weighted by molar-refractivity contribution is 5.97. The van der Waals surface area contributed by atoms with Crippen molar-refractivity contribution in [2.24, 2.45) is 0 Å². The predicted molar refractivity (Wildman–Crippen MR) is 105 cm³/mol. The van der Waals surface area contributed by atoms with Crippen LogP contribution in [0, 0.1) is 18.3 Å². The van der Waals surface area contributed by atoms with Gasteiger partial charge in [0.05, 0.1) is 12.6 Å². The van der Waals surface area contributed by atoms with Crippen LogP contribution in [0.2, 0.25) is 0 Å². The Hall–Kier alpha value is -2.48. The van der Waals surface area contributed by atoms with Crippen LogP contribution >= 0.6 is 0 Å². The molecule has 1 aromatic rings. The molecule has 142 valence electrons. The number of carbonyl (C=O) groups excluding carboxylic acids is 1. The van der Waals surface area contributed by atoms with Gasteiger partial charge in [0.15, 0.2) is 0 Å². The number of nitrogens with zero attached hydrogens (tertiary/aromatic N) is 2. The maximum Gasteiger partial charge on any atom is 0.263 e. The van der Waals surface area contributed by atoms with E-state index in [0.717, 1.165) is 16.9 Å². The number of benzene rings is 1. The van der Waals surface area contributed by atoms with Gasteiger partial charge in [0.2, 0.25) is 0 Å². The summed E-state index contributed by atoms with van der Waals surface area (Å²) >= 11 is 0. The van der Waals surface area contributed by atoms with Gasteiger partial charge in [-0.25, -0.2) is 0 Å². The van der Waals surface area contributed by atoms with Gasteiger partial charge in [-0.2, -0.15) is 5.26 Å². The zero-order valence-electron chi connectivity index (χ0n) is 17.0. The Morgan fingerprint density at radius 1 is 1.38 bits per heavy atom. The molecule has 1 N–H and O–H groups in total. The van der Waals surface area contributed by atoms with Crippen LogP contribution in [0.3, 0.4) is 0 Å². The van der Waals surface area contributed by atoms with Crippen molar-refractivity contribution >= 4 is 5.91 Å². The van der Waals surface area contributed by atoms with Crippen molar-refractivity contribution in [3.05, 3.63) is 41.1 Å². The Kier molecular flexibility index (Phi) is 7.70. The van der Waals surface area contributed by atoms with E-state index in [1.807, 2.05) is 77.6 Å². The molecule has 0 aromatic heterocycles. The summed E-state index contributed by atoms with van der Waals surface area (Å²) in [6.07, 6.45) is 1.64. The number of nitrogens with one attached hydrogen (secondary N) is 1. The lowest BCUT2D eigenvalue weighted by Crippen LogP contribution is -2.38. The number of carbonyl (C=O) groups is 1. The fraction of sp³-hybridized carbons (Fsp3) is 0.524. The van der Waals surface area contributed by atoms with Gasteiger partial charge in [0.25, 0.3) is 5.91 Å². The lowest BCUT2D eigenvalue weighted by molar-refractivity contribution is -0.117. The smallest absolute Gasteiger partial charge is 0.263 e. The maximum absolute atomic E-state index is 12.6. The number of hydrogen-bond acceptors (Lipinski definition) is 4. The van der Waals surface area contributed by atoms with Gasteiger partial charge in [-0.05, 0) is 54.5 Å². The molecule has 26 heavy (non-hydrogen) atoms. The second-order valence-electron chi connectivity index (χ2n) is 7.28. The number of hydrogen-bond donors (Lipinski definition) is 1. The van der Waals surface area contributed by atoms with E-state index in [2.05, 4.69) is 5.32 Å². The molecule has 0 radical (unpaired) electrons. The molecular weight excluding hydrogens is 326 g/mol. The van der Waals surface area contributed by atoms with Crippen molar-refractivity contribution in [3.8, 4) is 11.8 Å². The van der Waals surface area contributed by atoms with Crippen LogP contribution in [-0.2, 0) is 4.79 Å². The summed E-state index contributed by atoms with van der Waals surface area (Å²) in [4.78, 5) is 14.6. The standard InChI is InChI=1S/C21H31N3O2/c1-8-24(21(5,6)7)14-17(13-22)20(25)23-16(4)18-12-15(3)10-11-19(18)26-9-2/h10-12,14,16H,8-9H2,1-7H3,(H,23,25)/b17-14-. The number of ether oxygens (including phenoxy) is 1. The zero-order chi connectivity index (χ0) is 19.9. The molecule has 0 aliphatic rings. The van der Waals surface area contributed by atoms with Crippen LogP contribution < -0.4 is 10.1 Å². The lowest BCUT2D eigenvalue weighted by atomic mass is 10.0. The third kappa shape index (κ3) is 5.80. The van der Waals surface area contributed by atoms with Gasteiger partial charge in [-0.15, -0.1) is 0 Å². The molecule has 1 aromatic carbocycles. The van der Waals surface area contributed by atoms with E-state index < -0.39 is 0 Å². The molecule has 0 saturated heterocycles. The largest absolute Gasteiger partial charge is 0.494 e. The van der Waals surface area contributed by atoms with Gasteiger partial charge >= 0.3 is 0 Å². The topological polar surface area (TPSA) is 65.4 Å². The van der Waals surface area contributed by atoms with E-state index in [0.29, 0.717) is 13.2 Å². The van der Waals surface area contributed by atoms with Gasteiger partial charge in [0.1, 0.15) is 17.4 Å². The monoisotopic (exact) mass is 357 g/mol. The molecule has 0 bridgehead atoms. The highest BCUT2D eigenvalue weighted by Crippen LogP contribution is 2.26. The van der Waals surface area contributed by atoms with E-state index in [-0.39, 0.29) is 23.1 Å². The molecule has 5 nitrogen and oxygen atoms in total. The minimum Gasteiger partial charge on any atom is -0.494 e. The molecule has 0 aliphatic heterocycles. The summed E-state index contributed by atoms with van der Waals surface area (Å²) in [6.45, 7) is 15.2. The third-order valence-corrected chi connectivity index (χ3v) is 4.13. The summed E-state index contributed by atoms with van der Waals surface area (Å²) in [6, 6.07) is 7.64. The minimum absolute atomic E-state index is 0.0965. The molecule has 0 saturated carbocycles. The summed E-state index contributed by atoms with van der Waals surface area (Å²) in [5, 5.41) is 12.4. The van der Waals surface area contributed by atoms with Crippen LogP contribution in [0.1, 0.15) is 58.7 Å². The number of aryl methyl sites for hydroxylation is 1. The summed E-state index contributed by atoms with van der Waals surface area (Å²) in [5.74, 6) is 0.366. The molecule has 0 heterocycles. The molecule has 1 rings (SSSR count). The first-order valence-electron chi connectivity index (χ1n) is 9.06. The minimum atomic E-state index is -0.383. The fourth-order valence-corrected chi connectivity index (χ4v) is 2.70. The average Bonchev–Trinajstić information content (AvgIpc) is 2.56. The lowest BCUT2D eigenvalue weighted by Gasteiger charge is -2.34. The van der Waals surface area contributed by atoms with Crippen LogP contribution in [0.4, 0.5) is 0 Å². The maximum atomic E-state index is 12.6. The van der Waals surface area contributed by atoms with Gasteiger partial charge in [-0.1, -0.05) is 17.7 Å². The van der Waals surface area contributed by atoms with Gasteiger partial charge < -0.3 is 15.0 Å². The molecule has 1 atom stereocenters. The quantitative estimate of drug-likeness (QED) is 0.589. The molecular formula is C21H31N3O2. The first kappa shape index (κ1) is 21.6. The van der Waals surface area contributed by atoms with E-state index in [1.165, 1.54) is 0 Å². The van der Waals surface area contributed by atoms with Crippen molar-refractivity contribution in [2.75, 3.05) is 13.2 Å². The highest BCUT2D eigenvalue weighted by Gasteiger charge is 2.21. The van der Waals surface area contributed by atoms with Crippen LogP contribution in [0.15, 0.2) is 30.0 Å². The summed E-state index contributed by atoms with van der Waals surface area (Å²) < 4.78 is 5.67. The molecule has 1 unspecified atom stereocenters. The molecule has 0 aliphatic carbocycles. The Morgan fingerprint density at radius 3 is 2.54 bits per heavy atom. The Labute approximate surface area is 157 Å². The van der Waals surface area contributed by atoms with Crippen molar-refractivity contribution in [2.45, 2.75) is 60.0 Å². The second-order valence-corrected chi connectivity index (χ2v) is 7.28. The fourth-order valence-electron chi connectivity index (χ4n) is 2.70. The number of rotatable bonds is 7. The number of amides is 1. The Bertz CT molecular complexity index is 696. The Balaban J connectivity index is 3.05. The molecule has 1 amide bonds. The predicted octanol–water partition coefficient (Wildman–Crippen LogP) is 4.10. The van der Waals surface area contributed by atoms with Crippen LogP contribution in [0.25, 0.3) is 0 Å². The van der Waals surface area contributed by atoms with Gasteiger partial charge in [-0.3, -0.25) is 4.79 Å². The summed E-state index contributed by atoms with van der Waals surface area (Å²) in [5.41, 5.74) is 1.92. The highest BCUT2D eigenvalue weighted by atomic mass is 16.5. The van der Waals surface area contributed by atoms with E-state index in [9.17, 15) is 10.1 Å². The van der Waals surface area contributed by atoms with Crippen molar-refractivity contribution in [1.82, 2.24) is 10.2 Å². The van der Waals surface area contributed by atoms with Crippen LogP contribution in [0.5, 0.6) is 5.75 Å². The zero-order valence-corrected chi connectivity index (χ0v) is 17.0. The van der Waals surface area contributed by atoms with Gasteiger partial charge in [0, 0.05) is 23.8 Å². The Morgan fingerprint density at radius 2 is 2.04 bits per heavy atom. The first-order valence-corrected chi connectivity index (χ1v) is 9.06. The molecule has 0 fully saturated rings. The first-order chi connectivity index (χ1) is 12.1. The third-order valence-electron chi connectivity index (χ3n) is 4.13. The normalized spacial score (nSPS) is 12.9. The van der Waals surface area contributed by atoms with Crippen molar-refractivity contribution < 1.29 is 9.53 Å². The van der Waals surface area contributed by atoms with Crippen LogP contribution in [-0.4, -0.2) is 29.5 Å². The van der Waals surface area contributed by atoms with E-state index >= 15 is 0 Å². The molecule has 0 spiro atoms. The molecule has 5 heteroatoms. The van der Waals surface area contributed by atoms with E-state index in [1.54, 1.807) is 6.20 Å². The second kappa shape index (κ2) is 9.28. The SMILES string of the molecule is CCOc1ccc(C)cc1C(C)NC(=O)/C(C#N)=C\N(CC)C(C)(C)C.